The molecule has 0 bridgehead atoms. The summed E-state index contributed by atoms with van der Waals surface area (Å²) in [6, 6.07) is 13.2. The van der Waals surface area contributed by atoms with Crippen molar-refractivity contribution < 1.29 is 27.5 Å². The third kappa shape index (κ3) is 6.80. The predicted octanol–water partition coefficient (Wildman–Crippen LogP) is 2.59. The van der Waals surface area contributed by atoms with E-state index >= 15 is 0 Å². The third-order valence-corrected chi connectivity index (χ3v) is 6.09. The molecule has 2 aromatic carbocycles. The van der Waals surface area contributed by atoms with Gasteiger partial charge >= 0.3 is 5.97 Å². The summed E-state index contributed by atoms with van der Waals surface area (Å²) < 4.78 is 37.8. The molecule has 0 aliphatic heterocycles. The van der Waals surface area contributed by atoms with Gasteiger partial charge in [-0.15, -0.1) is 0 Å². The maximum Gasteiger partial charge on any atom is 0.307 e. The predicted molar refractivity (Wildman–Crippen MR) is 116 cm³/mol. The minimum absolute atomic E-state index is 0.0191. The summed E-state index contributed by atoms with van der Waals surface area (Å²) in [7, 11) is -1.24. The molecular formula is C22H28N2O6S. The second kappa shape index (κ2) is 10.9. The molecule has 0 aliphatic rings. The average molecular weight is 449 g/mol. The number of sulfonamides is 1. The highest BCUT2D eigenvalue weighted by Crippen LogP contribution is 2.26. The van der Waals surface area contributed by atoms with Crippen molar-refractivity contribution in [3.63, 3.8) is 0 Å². The van der Waals surface area contributed by atoms with E-state index in [1.165, 1.54) is 37.3 Å². The van der Waals surface area contributed by atoms with Crippen LogP contribution in [0.4, 0.5) is 0 Å². The number of hydrogen-bond donors (Lipinski definition) is 1. The van der Waals surface area contributed by atoms with Gasteiger partial charge in [0.1, 0.15) is 10.6 Å². The fourth-order valence-corrected chi connectivity index (χ4v) is 4.41. The smallest absolute Gasteiger partial charge is 0.307 e. The number of carbonyl (C=O) groups is 2. The van der Waals surface area contributed by atoms with Crippen LogP contribution in [0.3, 0.4) is 0 Å². The minimum atomic E-state index is -3.89. The highest BCUT2D eigenvalue weighted by molar-refractivity contribution is 7.89. The zero-order valence-corrected chi connectivity index (χ0v) is 18.9. The highest BCUT2D eigenvalue weighted by Gasteiger charge is 2.24. The summed E-state index contributed by atoms with van der Waals surface area (Å²) in [5.74, 6) is -0.713. The lowest BCUT2D eigenvalue weighted by Crippen LogP contribution is -2.33. The van der Waals surface area contributed by atoms with E-state index in [2.05, 4.69) is 9.46 Å². The fraction of sp³-hybridized carbons (Fsp3) is 0.364. The first-order valence-corrected chi connectivity index (χ1v) is 11.3. The molecule has 0 atom stereocenters. The Labute approximate surface area is 183 Å². The van der Waals surface area contributed by atoms with E-state index in [9.17, 15) is 18.0 Å². The number of ether oxygens (including phenoxy) is 2. The van der Waals surface area contributed by atoms with E-state index in [1.54, 1.807) is 13.8 Å². The second-order valence-corrected chi connectivity index (χ2v) is 8.86. The molecular weight excluding hydrogens is 420 g/mol. The highest BCUT2D eigenvalue weighted by atomic mass is 32.2. The number of amides is 1. The standard InChI is InChI=1S/C22H28N2O6S/c1-16(2)23-31(27,28)20-14-18(10-11-19(20)29-3)22(26)24(13-12-21(25)30-4)15-17-8-6-5-7-9-17/h5-11,14,16,23H,12-13,15H2,1-4H3. The first-order chi connectivity index (χ1) is 14.7. The first kappa shape index (κ1) is 24.4. The van der Waals surface area contributed by atoms with E-state index in [-0.39, 0.29) is 41.8 Å². The van der Waals surface area contributed by atoms with Gasteiger partial charge in [0.25, 0.3) is 5.91 Å². The average Bonchev–Trinajstić information content (AvgIpc) is 2.75. The molecule has 9 heteroatoms. The molecule has 0 spiro atoms. The van der Waals surface area contributed by atoms with Gasteiger partial charge in [-0.05, 0) is 37.6 Å². The van der Waals surface area contributed by atoms with Gasteiger partial charge in [-0.2, -0.15) is 0 Å². The Morgan fingerprint density at radius 3 is 2.32 bits per heavy atom. The van der Waals surface area contributed by atoms with Crippen molar-refractivity contribution in [3.05, 3.63) is 59.7 Å². The fourth-order valence-electron chi connectivity index (χ4n) is 2.96. The monoisotopic (exact) mass is 448 g/mol. The molecule has 8 nitrogen and oxygen atoms in total. The molecule has 168 valence electrons. The summed E-state index contributed by atoms with van der Waals surface area (Å²) >= 11 is 0. The normalized spacial score (nSPS) is 11.3. The molecule has 31 heavy (non-hydrogen) atoms. The van der Waals surface area contributed by atoms with Crippen LogP contribution in [-0.4, -0.2) is 52.0 Å². The van der Waals surface area contributed by atoms with Crippen molar-refractivity contribution >= 4 is 21.9 Å². The van der Waals surface area contributed by atoms with Crippen molar-refractivity contribution in [1.29, 1.82) is 0 Å². The van der Waals surface area contributed by atoms with Crippen LogP contribution in [0.1, 0.15) is 36.2 Å². The molecule has 2 aromatic rings. The van der Waals surface area contributed by atoms with Gasteiger partial charge in [-0.25, -0.2) is 13.1 Å². The molecule has 0 unspecified atom stereocenters. The van der Waals surface area contributed by atoms with Crippen molar-refractivity contribution in [2.24, 2.45) is 0 Å². The number of esters is 1. The largest absolute Gasteiger partial charge is 0.495 e. The number of carbonyl (C=O) groups excluding carboxylic acids is 2. The van der Waals surface area contributed by atoms with E-state index in [4.69, 9.17) is 4.74 Å². The van der Waals surface area contributed by atoms with Crippen LogP contribution in [0.15, 0.2) is 53.4 Å². The van der Waals surface area contributed by atoms with Crippen molar-refractivity contribution in [2.45, 2.75) is 37.8 Å². The third-order valence-electron chi connectivity index (χ3n) is 4.41. The number of rotatable bonds is 10. The first-order valence-electron chi connectivity index (χ1n) is 9.78. The zero-order valence-electron chi connectivity index (χ0n) is 18.1. The Morgan fingerprint density at radius 2 is 1.74 bits per heavy atom. The molecule has 0 saturated heterocycles. The topological polar surface area (TPSA) is 102 Å². The summed E-state index contributed by atoms with van der Waals surface area (Å²) in [4.78, 5) is 26.3. The maximum absolute atomic E-state index is 13.3. The molecule has 0 aliphatic carbocycles. The Morgan fingerprint density at radius 1 is 1.06 bits per heavy atom. The maximum atomic E-state index is 13.3. The van der Waals surface area contributed by atoms with Gasteiger partial charge in [-0.1, -0.05) is 30.3 Å². The van der Waals surface area contributed by atoms with Crippen LogP contribution in [0.25, 0.3) is 0 Å². The molecule has 0 radical (unpaired) electrons. The van der Waals surface area contributed by atoms with Crippen molar-refractivity contribution in [1.82, 2.24) is 9.62 Å². The van der Waals surface area contributed by atoms with Gasteiger partial charge in [0, 0.05) is 24.7 Å². The number of benzene rings is 2. The summed E-state index contributed by atoms with van der Waals surface area (Å²) in [6.45, 7) is 3.79. The van der Waals surface area contributed by atoms with E-state index in [0.29, 0.717) is 0 Å². The minimum Gasteiger partial charge on any atom is -0.495 e. The molecule has 1 N–H and O–H groups in total. The van der Waals surface area contributed by atoms with Crippen molar-refractivity contribution in [2.75, 3.05) is 20.8 Å². The van der Waals surface area contributed by atoms with Gasteiger partial charge in [0.05, 0.1) is 20.6 Å². The van der Waals surface area contributed by atoms with E-state index < -0.39 is 21.9 Å². The van der Waals surface area contributed by atoms with Crippen LogP contribution >= 0.6 is 0 Å². The lowest BCUT2D eigenvalue weighted by atomic mass is 10.1. The lowest BCUT2D eigenvalue weighted by Gasteiger charge is -2.23. The van der Waals surface area contributed by atoms with Crippen LogP contribution in [-0.2, 0) is 26.1 Å². The van der Waals surface area contributed by atoms with Gasteiger partial charge < -0.3 is 14.4 Å². The molecule has 0 heterocycles. The van der Waals surface area contributed by atoms with Crippen LogP contribution < -0.4 is 9.46 Å². The Hall–Kier alpha value is -2.91. The Kier molecular flexibility index (Phi) is 8.58. The van der Waals surface area contributed by atoms with Crippen molar-refractivity contribution in [3.8, 4) is 5.75 Å². The van der Waals surface area contributed by atoms with Crippen LogP contribution in [0, 0.1) is 0 Å². The Bertz CT molecular complexity index is 1010. The Balaban J connectivity index is 2.40. The van der Waals surface area contributed by atoms with Gasteiger partial charge in [0.15, 0.2) is 0 Å². The van der Waals surface area contributed by atoms with Gasteiger partial charge in [0.2, 0.25) is 10.0 Å². The molecule has 0 fully saturated rings. The molecule has 1 amide bonds. The zero-order chi connectivity index (χ0) is 23.0. The quantitative estimate of drug-likeness (QED) is 0.561. The summed E-state index contributed by atoms with van der Waals surface area (Å²) in [5, 5.41) is 0. The number of methoxy groups -OCH3 is 2. The molecule has 0 saturated carbocycles. The lowest BCUT2D eigenvalue weighted by molar-refractivity contribution is -0.140. The molecule has 2 rings (SSSR count). The SMILES string of the molecule is COC(=O)CCN(Cc1ccccc1)C(=O)c1ccc(OC)c(S(=O)(=O)NC(C)C)c1. The van der Waals surface area contributed by atoms with Crippen LogP contribution in [0.5, 0.6) is 5.75 Å². The number of hydrogen-bond acceptors (Lipinski definition) is 6. The van der Waals surface area contributed by atoms with E-state index in [1.807, 2.05) is 30.3 Å². The summed E-state index contributed by atoms with van der Waals surface area (Å²) in [5.41, 5.74) is 1.05. The van der Waals surface area contributed by atoms with Gasteiger partial charge in [-0.3, -0.25) is 9.59 Å². The number of nitrogens with one attached hydrogen (secondary N) is 1. The molecule has 0 aromatic heterocycles. The second-order valence-electron chi connectivity index (χ2n) is 7.18. The van der Waals surface area contributed by atoms with Crippen LogP contribution in [0.2, 0.25) is 0 Å². The van der Waals surface area contributed by atoms with E-state index in [0.717, 1.165) is 5.56 Å². The summed E-state index contributed by atoms with van der Waals surface area (Å²) in [6.07, 6.45) is 0.0191. The number of nitrogens with zero attached hydrogens (tertiary/aromatic N) is 1.